The van der Waals surface area contributed by atoms with Crippen LogP contribution in [0, 0.1) is 5.95 Å². The summed E-state index contributed by atoms with van der Waals surface area (Å²) in [5.74, 6) is 0.0907. The molecule has 0 radical (unpaired) electrons. The van der Waals surface area contributed by atoms with E-state index < -0.39 is 5.95 Å². The second-order valence-corrected chi connectivity index (χ2v) is 5.30. The topological polar surface area (TPSA) is 43.6 Å². The zero-order chi connectivity index (χ0) is 12.5. The van der Waals surface area contributed by atoms with Crippen LogP contribution in [0.5, 0.6) is 0 Å². The fraction of sp³-hybridized carbons (Fsp3) is 0.417. The van der Waals surface area contributed by atoms with Crippen molar-refractivity contribution in [1.82, 2.24) is 20.0 Å². The van der Waals surface area contributed by atoms with Crippen LogP contribution in [0.15, 0.2) is 22.9 Å². The Morgan fingerprint density at radius 3 is 2.89 bits per heavy atom. The second kappa shape index (κ2) is 4.76. The molecule has 1 aliphatic rings. The zero-order valence-electron chi connectivity index (χ0n) is 9.68. The molecule has 2 aromatic heterocycles. The molecule has 0 saturated heterocycles. The van der Waals surface area contributed by atoms with Crippen molar-refractivity contribution < 1.29 is 4.39 Å². The summed E-state index contributed by atoms with van der Waals surface area (Å²) in [5.41, 5.74) is 1.95. The van der Waals surface area contributed by atoms with Gasteiger partial charge >= 0.3 is 0 Å². The molecule has 0 spiro atoms. The molecule has 0 amide bonds. The van der Waals surface area contributed by atoms with Crippen LogP contribution in [-0.2, 0) is 6.54 Å². The average molecular weight is 311 g/mol. The predicted molar refractivity (Wildman–Crippen MR) is 67.6 cm³/mol. The molecule has 4 nitrogen and oxygen atoms in total. The minimum atomic E-state index is -0.487. The fourth-order valence-corrected chi connectivity index (χ4v) is 2.44. The van der Waals surface area contributed by atoms with Crippen molar-refractivity contribution in [3.63, 3.8) is 0 Å². The van der Waals surface area contributed by atoms with Gasteiger partial charge in [-0.15, -0.1) is 5.10 Å². The molecule has 6 heteroatoms. The van der Waals surface area contributed by atoms with E-state index in [2.05, 4.69) is 31.2 Å². The van der Waals surface area contributed by atoms with Gasteiger partial charge in [-0.1, -0.05) is 11.6 Å². The molecule has 94 valence electrons. The summed E-state index contributed by atoms with van der Waals surface area (Å²) >= 11 is 3.25. The van der Waals surface area contributed by atoms with Gasteiger partial charge in [0.15, 0.2) is 0 Å². The van der Waals surface area contributed by atoms with E-state index >= 15 is 0 Å². The lowest BCUT2D eigenvalue weighted by Crippen LogP contribution is -2.08. The van der Waals surface area contributed by atoms with E-state index in [1.807, 2.05) is 6.20 Å². The van der Waals surface area contributed by atoms with Crippen LogP contribution >= 0.6 is 15.9 Å². The Kier molecular flexibility index (Phi) is 3.11. The van der Waals surface area contributed by atoms with Crippen molar-refractivity contribution in [3.8, 4) is 0 Å². The summed E-state index contributed by atoms with van der Waals surface area (Å²) in [6.45, 7) is 0.549. The molecule has 0 bridgehead atoms. The van der Waals surface area contributed by atoms with Gasteiger partial charge in [-0.2, -0.15) is 4.39 Å². The van der Waals surface area contributed by atoms with Crippen LogP contribution < -0.4 is 0 Å². The smallest absolute Gasteiger partial charge is 0.213 e. The molecular formula is C12H12BrFN4. The summed E-state index contributed by atoms with van der Waals surface area (Å²) in [4.78, 5) is 3.73. The highest BCUT2D eigenvalue weighted by Gasteiger charge is 2.22. The van der Waals surface area contributed by atoms with E-state index in [1.165, 1.54) is 25.3 Å². The van der Waals surface area contributed by atoms with Gasteiger partial charge in [0.2, 0.25) is 5.95 Å². The van der Waals surface area contributed by atoms with Gasteiger partial charge in [0.25, 0.3) is 0 Å². The third kappa shape index (κ3) is 2.29. The summed E-state index contributed by atoms with van der Waals surface area (Å²) < 4.78 is 15.2. The Bertz CT molecular complexity index is 565. The van der Waals surface area contributed by atoms with Crippen LogP contribution in [0.3, 0.4) is 0 Å². The molecule has 0 N–H and O–H groups in total. The summed E-state index contributed by atoms with van der Waals surface area (Å²) in [6, 6.07) is 3.06. The first-order chi connectivity index (χ1) is 8.72. The predicted octanol–water partition coefficient (Wildman–Crippen LogP) is 2.89. The van der Waals surface area contributed by atoms with E-state index in [-0.39, 0.29) is 0 Å². The first-order valence-electron chi connectivity index (χ1n) is 5.93. The maximum absolute atomic E-state index is 12.9. The van der Waals surface area contributed by atoms with Gasteiger partial charge in [0.05, 0.1) is 12.2 Å². The Morgan fingerprint density at radius 2 is 2.22 bits per heavy atom. The first-order valence-corrected chi connectivity index (χ1v) is 6.72. The van der Waals surface area contributed by atoms with E-state index in [0.29, 0.717) is 17.1 Å². The fourth-order valence-electron chi connectivity index (χ4n) is 2.02. The van der Waals surface area contributed by atoms with E-state index in [0.717, 1.165) is 11.3 Å². The normalized spacial score (nSPS) is 15.7. The lowest BCUT2D eigenvalue weighted by Gasteiger charge is -2.22. The van der Waals surface area contributed by atoms with Crippen LogP contribution in [0.4, 0.5) is 4.39 Å². The van der Waals surface area contributed by atoms with Gasteiger partial charge < -0.3 is 0 Å². The minimum absolute atomic E-state index is 0.487. The molecule has 3 rings (SSSR count). The van der Waals surface area contributed by atoms with Crippen LogP contribution in [-0.4, -0.2) is 20.0 Å². The van der Waals surface area contributed by atoms with Gasteiger partial charge in [-0.3, -0.25) is 0 Å². The number of halogens is 2. The molecule has 18 heavy (non-hydrogen) atoms. The van der Waals surface area contributed by atoms with Gasteiger partial charge in [0, 0.05) is 17.7 Å². The molecule has 1 aliphatic carbocycles. The summed E-state index contributed by atoms with van der Waals surface area (Å²) in [6.07, 6.45) is 5.67. The molecule has 1 fully saturated rings. The first kappa shape index (κ1) is 11.8. The Morgan fingerprint density at radius 1 is 1.39 bits per heavy atom. The van der Waals surface area contributed by atoms with E-state index in [4.69, 9.17) is 0 Å². The average Bonchev–Trinajstić information content (AvgIpc) is 2.68. The van der Waals surface area contributed by atoms with Crippen LogP contribution in [0.1, 0.15) is 36.4 Å². The maximum atomic E-state index is 12.9. The van der Waals surface area contributed by atoms with Crippen LogP contribution in [0.2, 0.25) is 0 Å². The number of hydrogen-bond acceptors (Lipinski definition) is 3. The van der Waals surface area contributed by atoms with Gasteiger partial charge in [-0.05, 0) is 40.9 Å². The quantitative estimate of drug-likeness (QED) is 0.819. The molecule has 1 saturated carbocycles. The van der Waals surface area contributed by atoms with Crippen molar-refractivity contribution in [3.05, 3.63) is 40.1 Å². The Labute approximate surface area is 112 Å². The molecule has 2 heterocycles. The highest BCUT2D eigenvalue weighted by atomic mass is 79.9. The summed E-state index contributed by atoms with van der Waals surface area (Å²) in [7, 11) is 0. The van der Waals surface area contributed by atoms with Gasteiger partial charge in [0.1, 0.15) is 4.60 Å². The SMILES string of the molecule is Fc1ccc(Cn2cc(C3CCC3)nn2)c(Br)n1. The second-order valence-electron chi connectivity index (χ2n) is 4.55. The molecule has 0 aliphatic heterocycles. The Hall–Kier alpha value is -1.30. The van der Waals surface area contributed by atoms with Gasteiger partial charge in [-0.25, -0.2) is 9.67 Å². The standard InChI is InChI=1S/C12H12BrFN4/c13-12-9(4-5-11(14)15-12)6-18-7-10(16-17-18)8-2-1-3-8/h4-5,7-8H,1-3,6H2. The van der Waals surface area contributed by atoms with Crippen molar-refractivity contribution in [1.29, 1.82) is 0 Å². The van der Waals surface area contributed by atoms with Crippen molar-refractivity contribution in [2.24, 2.45) is 0 Å². The molecule has 0 unspecified atom stereocenters. The summed E-state index contributed by atoms with van der Waals surface area (Å²) in [5, 5.41) is 8.29. The highest BCUT2D eigenvalue weighted by Crippen LogP contribution is 2.34. The Balaban J connectivity index is 1.77. The lowest BCUT2D eigenvalue weighted by molar-refractivity contribution is 0.410. The minimum Gasteiger partial charge on any atom is -0.248 e. The van der Waals surface area contributed by atoms with Crippen molar-refractivity contribution in [2.45, 2.75) is 31.7 Å². The third-order valence-corrected chi connectivity index (χ3v) is 3.99. The monoisotopic (exact) mass is 310 g/mol. The number of aromatic nitrogens is 4. The zero-order valence-corrected chi connectivity index (χ0v) is 11.3. The van der Waals surface area contributed by atoms with Crippen LogP contribution in [0.25, 0.3) is 0 Å². The van der Waals surface area contributed by atoms with E-state index in [1.54, 1.807) is 10.7 Å². The number of pyridine rings is 1. The van der Waals surface area contributed by atoms with E-state index in [9.17, 15) is 4.39 Å². The number of rotatable bonds is 3. The maximum Gasteiger partial charge on any atom is 0.213 e. The number of hydrogen-bond donors (Lipinski definition) is 0. The molecule has 0 aromatic carbocycles. The third-order valence-electron chi connectivity index (χ3n) is 3.30. The molecular weight excluding hydrogens is 299 g/mol. The molecule has 0 atom stereocenters. The largest absolute Gasteiger partial charge is 0.248 e. The lowest BCUT2D eigenvalue weighted by atomic mass is 9.83. The highest BCUT2D eigenvalue weighted by molar-refractivity contribution is 9.10. The molecule has 2 aromatic rings. The van der Waals surface area contributed by atoms with Crippen molar-refractivity contribution in [2.75, 3.05) is 0 Å². The van der Waals surface area contributed by atoms with Crippen molar-refractivity contribution >= 4 is 15.9 Å². The number of nitrogens with zero attached hydrogens (tertiary/aromatic N) is 4.